The highest BCUT2D eigenvalue weighted by molar-refractivity contribution is 6.01. The Bertz CT molecular complexity index is 1020. The molecule has 1 aromatic carbocycles. The molecule has 1 aromatic rings. The maximum Gasteiger partial charge on any atom is 0.255 e. The number of piperidine rings is 1. The summed E-state index contributed by atoms with van der Waals surface area (Å²) in [6.07, 6.45) is 9.10. The van der Waals surface area contributed by atoms with Crippen molar-refractivity contribution >= 4 is 11.8 Å². The predicted molar refractivity (Wildman–Crippen MR) is 126 cm³/mol. The highest BCUT2D eigenvalue weighted by Crippen LogP contribution is 2.69. The van der Waals surface area contributed by atoms with E-state index >= 15 is 0 Å². The summed E-state index contributed by atoms with van der Waals surface area (Å²) in [6, 6.07) is 5.51. The van der Waals surface area contributed by atoms with E-state index in [1.165, 1.54) is 12.8 Å². The molecule has 3 atom stereocenters. The molecule has 182 valence electrons. The van der Waals surface area contributed by atoms with Gasteiger partial charge in [-0.15, -0.1) is 0 Å². The van der Waals surface area contributed by atoms with Gasteiger partial charge in [0, 0.05) is 30.4 Å². The van der Waals surface area contributed by atoms with Crippen molar-refractivity contribution in [3.8, 4) is 5.75 Å². The molecular weight excluding hydrogens is 433 g/mol. The molecule has 1 unspecified atom stereocenters. The Balaban J connectivity index is 1.12. The summed E-state index contributed by atoms with van der Waals surface area (Å²) in [5, 5.41) is 6.53. The number of benzene rings is 1. The highest BCUT2D eigenvalue weighted by atomic mass is 19.1. The number of hydrogen-bond acceptors (Lipinski definition) is 4. The number of rotatable bonds is 6. The zero-order chi connectivity index (χ0) is 23.5. The Labute approximate surface area is 200 Å². The molecule has 6 aliphatic rings. The maximum absolute atomic E-state index is 13.9. The van der Waals surface area contributed by atoms with E-state index in [1.807, 2.05) is 18.2 Å². The topological polar surface area (TPSA) is 70.7 Å². The lowest BCUT2D eigenvalue weighted by molar-refractivity contribution is -0.211. The SMILES string of the molecule is C=C1CCC(N2Cc3cc(O[C@@H]4CCCCC[C@H]4NCC45CC(F)(C4)C5)ccc3C2=O)C(=O)N1. The summed E-state index contributed by atoms with van der Waals surface area (Å²) in [5.41, 5.74) is 1.61. The third-order valence-electron chi connectivity index (χ3n) is 8.66. The second-order valence-corrected chi connectivity index (χ2v) is 11.4. The minimum Gasteiger partial charge on any atom is -0.489 e. The van der Waals surface area contributed by atoms with Gasteiger partial charge in [0.15, 0.2) is 0 Å². The molecule has 0 spiro atoms. The fourth-order valence-electron chi connectivity index (χ4n) is 6.92. The number of ether oxygens (including phenoxy) is 1. The van der Waals surface area contributed by atoms with Crippen molar-refractivity contribution in [2.45, 2.75) is 94.6 Å². The number of nitrogens with one attached hydrogen (secondary N) is 2. The summed E-state index contributed by atoms with van der Waals surface area (Å²) in [5.74, 6) is 0.540. The molecule has 2 heterocycles. The van der Waals surface area contributed by atoms with E-state index in [4.69, 9.17) is 4.74 Å². The molecule has 7 rings (SSSR count). The molecule has 2 aliphatic heterocycles. The lowest BCUT2D eigenvalue weighted by Crippen LogP contribution is -2.68. The molecule has 0 radical (unpaired) electrons. The van der Waals surface area contributed by atoms with Crippen LogP contribution < -0.4 is 15.4 Å². The number of halogens is 1. The molecule has 0 aromatic heterocycles. The molecule has 2 amide bonds. The summed E-state index contributed by atoms with van der Waals surface area (Å²) in [4.78, 5) is 27.1. The number of allylic oxidation sites excluding steroid dienone is 1. The van der Waals surface area contributed by atoms with Crippen molar-refractivity contribution in [2.24, 2.45) is 5.41 Å². The van der Waals surface area contributed by atoms with Crippen molar-refractivity contribution in [1.29, 1.82) is 0 Å². The van der Waals surface area contributed by atoms with Crippen molar-refractivity contribution < 1.29 is 18.7 Å². The number of amides is 2. The average molecular weight is 468 g/mol. The molecule has 34 heavy (non-hydrogen) atoms. The van der Waals surface area contributed by atoms with Crippen molar-refractivity contribution in [3.05, 3.63) is 41.6 Å². The Kier molecular flexibility index (Phi) is 5.24. The Morgan fingerprint density at radius 1 is 1.15 bits per heavy atom. The van der Waals surface area contributed by atoms with Crippen LogP contribution in [0.25, 0.3) is 0 Å². The van der Waals surface area contributed by atoms with Gasteiger partial charge in [0.05, 0.1) is 0 Å². The first kappa shape index (κ1) is 22.1. The van der Waals surface area contributed by atoms with E-state index < -0.39 is 11.7 Å². The Hall–Kier alpha value is -2.41. The monoisotopic (exact) mass is 467 g/mol. The molecule has 4 saturated carbocycles. The summed E-state index contributed by atoms with van der Waals surface area (Å²) >= 11 is 0. The largest absolute Gasteiger partial charge is 0.489 e. The molecule has 5 fully saturated rings. The van der Waals surface area contributed by atoms with E-state index in [9.17, 15) is 14.0 Å². The predicted octanol–water partition coefficient (Wildman–Crippen LogP) is 4.00. The van der Waals surface area contributed by atoms with Crippen molar-refractivity contribution in [2.75, 3.05) is 6.54 Å². The zero-order valence-electron chi connectivity index (χ0n) is 19.7. The minimum absolute atomic E-state index is 0.0654. The first-order valence-electron chi connectivity index (χ1n) is 12.8. The van der Waals surface area contributed by atoms with Gasteiger partial charge in [-0.3, -0.25) is 9.59 Å². The van der Waals surface area contributed by atoms with Crippen LogP contribution >= 0.6 is 0 Å². The number of carbonyl (C=O) groups excluding carboxylic acids is 2. The molecule has 4 aliphatic carbocycles. The zero-order valence-corrected chi connectivity index (χ0v) is 19.7. The van der Waals surface area contributed by atoms with E-state index in [-0.39, 0.29) is 29.4 Å². The van der Waals surface area contributed by atoms with Crippen molar-refractivity contribution in [3.63, 3.8) is 0 Å². The van der Waals surface area contributed by atoms with Crippen LogP contribution in [0.15, 0.2) is 30.5 Å². The molecule has 7 heteroatoms. The van der Waals surface area contributed by atoms with E-state index in [0.717, 1.165) is 37.1 Å². The standard InChI is InChI=1S/C27H34FN3O3/c1-17-7-10-22(24(32)30-17)31-12-18-11-19(8-9-20(18)25(31)33)34-23-6-4-2-3-5-21(23)29-16-26-13-27(28,14-26)15-26/h8-9,11,21-23,29H,1-7,10,12-16H2,(H,30,32)/t21-,22?,23-,26?,27?/m1/s1. The number of carbonyl (C=O) groups is 2. The summed E-state index contributed by atoms with van der Waals surface area (Å²) in [7, 11) is 0. The fourth-order valence-corrected chi connectivity index (χ4v) is 6.92. The fraction of sp³-hybridized carbons (Fsp3) is 0.630. The summed E-state index contributed by atoms with van der Waals surface area (Å²) in [6.45, 7) is 5.14. The maximum atomic E-state index is 13.9. The van der Waals surface area contributed by atoms with Crippen LogP contribution in [0.5, 0.6) is 5.75 Å². The number of fused-ring (bicyclic) bond motifs is 1. The van der Waals surface area contributed by atoms with Gasteiger partial charge in [0.2, 0.25) is 5.91 Å². The third-order valence-corrected chi connectivity index (χ3v) is 8.66. The van der Waals surface area contributed by atoms with Crippen LogP contribution in [0.1, 0.15) is 80.1 Å². The second kappa shape index (κ2) is 8.08. The Morgan fingerprint density at radius 2 is 1.94 bits per heavy atom. The molecule has 2 bridgehead atoms. The third kappa shape index (κ3) is 3.82. The van der Waals surface area contributed by atoms with E-state index in [2.05, 4.69) is 17.2 Å². The van der Waals surface area contributed by atoms with Crippen molar-refractivity contribution in [1.82, 2.24) is 15.5 Å². The minimum atomic E-state index is -0.858. The average Bonchev–Trinajstić information content (AvgIpc) is 2.92. The highest BCUT2D eigenvalue weighted by Gasteiger charge is 2.68. The summed E-state index contributed by atoms with van der Waals surface area (Å²) < 4.78 is 20.4. The molecular formula is C27H34FN3O3. The first-order chi connectivity index (χ1) is 16.3. The molecule has 6 nitrogen and oxygen atoms in total. The van der Waals surface area contributed by atoms with Gasteiger partial charge >= 0.3 is 0 Å². The van der Waals surface area contributed by atoms with Gasteiger partial charge in [-0.05, 0) is 80.5 Å². The number of nitrogens with zero attached hydrogens (tertiary/aromatic N) is 1. The van der Waals surface area contributed by atoms with Gasteiger partial charge < -0.3 is 20.3 Å². The number of alkyl halides is 1. The lowest BCUT2D eigenvalue weighted by Gasteiger charge is -2.66. The second-order valence-electron chi connectivity index (χ2n) is 11.4. The molecule has 2 N–H and O–H groups in total. The van der Waals surface area contributed by atoms with Gasteiger partial charge in [-0.25, -0.2) is 4.39 Å². The molecule has 1 saturated heterocycles. The first-order valence-corrected chi connectivity index (χ1v) is 12.8. The van der Waals surface area contributed by atoms with Gasteiger partial charge in [-0.2, -0.15) is 0 Å². The van der Waals surface area contributed by atoms with Crippen LogP contribution in [0.4, 0.5) is 4.39 Å². The van der Waals surface area contributed by atoms with E-state index in [1.54, 1.807) is 4.90 Å². The van der Waals surface area contributed by atoms with E-state index in [0.29, 0.717) is 49.9 Å². The van der Waals surface area contributed by atoms with Crippen LogP contribution in [-0.4, -0.2) is 47.1 Å². The number of hydrogen-bond donors (Lipinski definition) is 2. The van der Waals surface area contributed by atoms with Crippen LogP contribution in [0.2, 0.25) is 0 Å². The lowest BCUT2D eigenvalue weighted by atomic mass is 9.42. The Morgan fingerprint density at radius 3 is 2.71 bits per heavy atom. The van der Waals surface area contributed by atoms with Crippen LogP contribution in [0.3, 0.4) is 0 Å². The smallest absolute Gasteiger partial charge is 0.255 e. The van der Waals surface area contributed by atoms with Crippen LogP contribution in [-0.2, 0) is 11.3 Å². The van der Waals surface area contributed by atoms with Gasteiger partial charge in [0.1, 0.15) is 23.6 Å². The normalized spacial score (nSPS) is 36.8. The quantitative estimate of drug-likeness (QED) is 0.621. The van der Waals surface area contributed by atoms with Gasteiger partial charge in [-0.1, -0.05) is 19.4 Å². The van der Waals surface area contributed by atoms with Crippen LogP contribution in [0, 0.1) is 5.41 Å². The van der Waals surface area contributed by atoms with Gasteiger partial charge in [0.25, 0.3) is 5.91 Å².